The van der Waals surface area contributed by atoms with Crippen LogP contribution < -0.4 is 4.72 Å². The Hall–Kier alpha value is -1.63. The summed E-state index contributed by atoms with van der Waals surface area (Å²) in [6, 6.07) is 2.80. The molecule has 16 heavy (non-hydrogen) atoms. The highest BCUT2D eigenvalue weighted by Gasteiger charge is 2.17. The number of nitro groups is 1. The van der Waals surface area contributed by atoms with Crippen molar-refractivity contribution >= 4 is 21.4 Å². The minimum atomic E-state index is -3.52. The molecule has 0 fully saturated rings. The van der Waals surface area contributed by atoms with Gasteiger partial charge in [0.05, 0.1) is 11.2 Å². The van der Waals surface area contributed by atoms with E-state index in [2.05, 4.69) is 4.72 Å². The van der Waals surface area contributed by atoms with Crippen molar-refractivity contribution in [2.24, 2.45) is 0 Å². The van der Waals surface area contributed by atoms with E-state index in [1.54, 1.807) is 13.8 Å². The molecule has 0 atom stereocenters. The molecule has 0 aromatic heterocycles. The van der Waals surface area contributed by atoms with Crippen LogP contribution in [0.5, 0.6) is 0 Å². The summed E-state index contributed by atoms with van der Waals surface area (Å²) in [4.78, 5) is 10.1. The van der Waals surface area contributed by atoms with Crippen LogP contribution in [0.4, 0.5) is 11.4 Å². The maximum atomic E-state index is 11.0. The molecule has 88 valence electrons. The molecule has 0 aliphatic heterocycles. The van der Waals surface area contributed by atoms with Gasteiger partial charge in [-0.2, -0.15) is 0 Å². The van der Waals surface area contributed by atoms with Gasteiger partial charge in [-0.3, -0.25) is 14.8 Å². The Morgan fingerprint density at radius 1 is 1.25 bits per heavy atom. The highest BCUT2D eigenvalue weighted by atomic mass is 32.2. The molecule has 1 rings (SSSR count). The fraction of sp³-hybridized carbons (Fsp3) is 0.333. The van der Waals surface area contributed by atoms with Gasteiger partial charge in [0.15, 0.2) is 0 Å². The van der Waals surface area contributed by atoms with Crippen LogP contribution in [0.3, 0.4) is 0 Å². The van der Waals surface area contributed by atoms with Gasteiger partial charge >= 0.3 is 0 Å². The van der Waals surface area contributed by atoms with Crippen molar-refractivity contribution in [3.05, 3.63) is 33.4 Å². The summed E-state index contributed by atoms with van der Waals surface area (Å²) in [6.45, 7) is 3.49. The van der Waals surface area contributed by atoms with Gasteiger partial charge in [0.1, 0.15) is 5.69 Å². The van der Waals surface area contributed by atoms with Gasteiger partial charge in [-0.05, 0) is 31.0 Å². The zero-order valence-corrected chi connectivity index (χ0v) is 9.96. The monoisotopic (exact) mass is 244 g/mol. The summed E-state index contributed by atoms with van der Waals surface area (Å²) in [5, 5.41) is 10.7. The average molecular weight is 244 g/mol. The van der Waals surface area contributed by atoms with E-state index in [1.807, 2.05) is 0 Å². The van der Waals surface area contributed by atoms with Crippen LogP contribution in [0.1, 0.15) is 11.1 Å². The van der Waals surface area contributed by atoms with Crippen LogP contribution in [0, 0.1) is 24.0 Å². The first-order chi connectivity index (χ1) is 7.20. The van der Waals surface area contributed by atoms with Gasteiger partial charge in [-0.25, -0.2) is 8.42 Å². The number of aryl methyl sites for hydroxylation is 2. The molecule has 0 saturated carbocycles. The Labute approximate surface area is 93.5 Å². The lowest BCUT2D eigenvalue weighted by Gasteiger charge is -2.07. The van der Waals surface area contributed by atoms with Crippen molar-refractivity contribution < 1.29 is 13.3 Å². The van der Waals surface area contributed by atoms with Crippen molar-refractivity contribution in [1.82, 2.24) is 0 Å². The van der Waals surface area contributed by atoms with Crippen LogP contribution in [-0.4, -0.2) is 19.6 Å². The topological polar surface area (TPSA) is 89.3 Å². The number of rotatable bonds is 3. The summed E-state index contributed by atoms with van der Waals surface area (Å²) in [6.07, 6.45) is 0.950. The largest absolute Gasteiger partial charge is 0.293 e. The predicted molar refractivity (Wildman–Crippen MR) is 61.0 cm³/mol. The number of hydrogen-bond donors (Lipinski definition) is 1. The smallest absolute Gasteiger partial charge is 0.277 e. The number of benzene rings is 1. The fourth-order valence-corrected chi connectivity index (χ4v) is 1.80. The lowest BCUT2D eigenvalue weighted by atomic mass is 10.1. The first-order valence-corrected chi connectivity index (χ1v) is 6.33. The van der Waals surface area contributed by atoms with Crippen molar-refractivity contribution in [1.29, 1.82) is 0 Å². The molecule has 7 heteroatoms. The molecule has 0 radical (unpaired) electrons. The van der Waals surface area contributed by atoms with E-state index < -0.39 is 14.9 Å². The minimum Gasteiger partial charge on any atom is -0.277 e. The zero-order valence-electron chi connectivity index (χ0n) is 9.14. The highest BCUT2D eigenvalue weighted by molar-refractivity contribution is 7.92. The molecule has 0 aliphatic rings. The van der Waals surface area contributed by atoms with Gasteiger partial charge in [0.2, 0.25) is 10.0 Å². The van der Waals surface area contributed by atoms with Crippen molar-refractivity contribution in [2.75, 3.05) is 11.0 Å². The molecule has 0 unspecified atom stereocenters. The Balaban J connectivity index is 3.36. The van der Waals surface area contributed by atoms with Gasteiger partial charge < -0.3 is 0 Å². The number of nitrogens with one attached hydrogen (secondary N) is 1. The molecule has 0 amide bonds. The SMILES string of the molecule is Cc1cc(NS(C)(=O)=O)c([N+](=O)[O-])cc1C. The third kappa shape index (κ3) is 2.93. The molecule has 0 heterocycles. The van der Waals surface area contributed by atoms with Crippen LogP contribution in [-0.2, 0) is 10.0 Å². The second kappa shape index (κ2) is 4.09. The van der Waals surface area contributed by atoms with Gasteiger partial charge in [0.25, 0.3) is 5.69 Å². The number of sulfonamides is 1. The Bertz CT molecular complexity index is 537. The van der Waals surface area contributed by atoms with Gasteiger partial charge in [0, 0.05) is 6.07 Å². The van der Waals surface area contributed by atoms with Crippen molar-refractivity contribution in [3.8, 4) is 0 Å². The number of nitrogens with zero attached hydrogens (tertiary/aromatic N) is 1. The van der Waals surface area contributed by atoms with Gasteiger partial charge in [-0.1, -0.05) is 0 Å². The summed E-state index contributed by atoms with van der Waals surface area (Å²) >= 11 is 0. The molecule has 0 saturated heterocycles. The maximum Gasteiger partial charge on any atom is 0.293 e. The number of anilines is 1. The zero-order chi connectivity index (χ0) is 12.5. The van der Waals surface area contributed by atoms with E-state index in [0.29, 0.717) is 0 Å². The number of nitro benzene ring substituents is 1. The average Bonchev–Trinajstić information content (AvgIpc) is 2.07. The molecular formula is C9H12N2O4S. The predicted octanol–water partition coefficient (Wildman–Crippen LogP) is 1.58. The van der Waals surface area contributed by atoms with E-state index in [0.717, 1.165) is 17.4 Å². The third-order valence-corrected chi connectivity index (χ3v) is 2.69. The second-order valence-electron chi connectivity index (χ2n) is 3.58. The van der Waals surface area contributed by atoms with E-state index in [1.165, 1.54) is 12.1 Å². The molecule has 0 spiro atoms. The normalized spacial score (nSPS) is 11.2. The minimum absolute atomic E-state index is 0.00407. The molecule has 1 aromatic rings. The summed E-state index contributed by atoms with van der Waals surface area (Å²) in [5.41, 5.74) is 1.28. The highest BCUT2D eigenvalue weighted by Crippen LogP contribution is 2.28. The van der Waals surface area contributed by atoms with E-state index in [9.17, 15) is 18.5 Å². The van der Waals surface area contributed by atoms with E-state index in [-0.39, 0.29) is 11.4 Å². The Kier molecular flexibility index (Phi) is 3.18. The molecule has 0 aliphatic carbocycles. The quantitative estimate of drug-likeness (QED) is 0.645. The van der Waals surface area contributed by atoms with Crippen LogP contribution in [0.2, 0.25) is 0 Å². The van der Waals surface area contributed by atoms with Crippen molar-refractivity contribution in [3.63, 3.8) is 0 Å². The third-order valence-electron chi connectivity index (χ3n) is 2.10. The first-order valence-electron chi connectivity index (χ1n) is 4.44. The maximum absolute atomic E-state index is 11.0. The van der Waals surface area contributed by atoms with Crippen LogP contribution in [0.25, 0.3) is 0 Å². The lowest BCUT2D eigenvalue weighted by Crippen LogP contribution is -2.11. The van der Waals surface area contributed by atoms with E-state index >= 15 is 0 Å². The van der Waals surface area contributed by atoms with Crippen molar-refractivity contribution in [2.45, 2.75) is 13.8 Å². The van der Waals surface area contributed by atoms with Crippen LogP contribution >= 0.6 is 0 Å². The second-order valence-corrected chi connectivity index (χ2v) is 5.33. The lowest BCUT2D eigenvalue weighted by molar-refractivity contribution is -0.383. The van der Waals surface area contributed by atoms with E-state index in [4.69, 9.17) is 0 Å². The first kappa shape index (κ1) is 12.4. The molecule has 1 N–H and O–H groups in total. The fourth-order valence-electron chi connectivity index (χ4n) is 1.23. The van der Waals surface area contributed by atoms with Gasteiger partial charge in [-0.15, -0.1) is 0 Å². The standard InChI is InChI=1S/C9H12N2O4S/c1-6-4-8(10-16(3,14)15)9(11(12)13)5-7(6)2/h4-5,10H,1-3H3. The Morgan fingerprint density at radius 3 is 2.19 bits per heavy atom. The Morgan fingerprint density at radius 2 is 1.75 bits per heavy atom. The summed E-state index contributed by atoms with van der Waals surface area (Å²) in [7, 11) is -3.52. The molecular weight excluding hydrogens is 232 g/mol. The number of hydrogen-bond acceptors (Lipinski definition) is 4. The molecule has 1 aromatic carbocycles. The summed E-state index contributed by atoms with van der Waals surface area (Å²) in [5.74, 6) is 0. The molecule has 0 bridgehead atoms. The molecule has 6 nitrogen and oxygen atoms in total. The van der Waals surface area contributed by atoms with Crippen LogP contribution in [0.15, 0.2) is 12.1 Å². The summed E-state index contributed by atoms with van der Waals surface area (Å²) < 4.78 is 24.2.